The van der Waals surface area contributed by atoms with E-state index in [1.807, 2.05) is 12.1 Å². The van der Waals surface area contributed by atoms with Crippen LogP contribution in [0.4, 0.5) is 0 Å². The maximum Gasteiger partial charge on any atom is 2.00 e. The monoisotopic (exact) mass is 687 g/mol. The maximum absolute atomic E-state index is 5.09. The summed E-state index contributed by atoms with van der Waals surface area (Å²) in [4.78, 5) is 12.5. The molecular formula is C27H20N6PtS2. The Labute approximate surface area is 231 Å². The van der Waals surface area contributed by atoms with E-state index in [9.17, 15) is 0 Å². The topological polar surface area (TPSA) is 61.4 Å². The Morgan fingerprint density at radius 1 is 0.694 bits per heavy atom. The fourth-order valence-electron chi connectivity index (χ4n) is 4.00. The molecular weight excluding hydrogens is 668 g/mol. The first kappa shape index (κ1) is 24.5. The van der Waals surface area contributed by atoms with E-state index in [-0.39, 0.29) is 21.1 Å². The molecule has 6 aromatic heterocycles. The molecule has 0 aliphatic rings. The molecule has 0 aliphatic heterocycles. The Morgan fingerprint density at radius 2 is 1.17 bits per heavy atom. The van der Waals surface area contributed by atoms with Crippen molar-refractivity contribution >= 4 is 22.7 Å². The second kappa shape index (κ2) is 10.1. The van der Waals surface area contributed by atoms with Crippen LogP contribution < -0.4 is 0 Å². The summed E-state index contributed by atoms with van der Waals surface area (Å²) >= 11 is 3.36. The second-order valence-corrected chi connectivity index (χ2v) is 10.4. The minimum absolute atomic E-state index is 0. The molecule has 0 radical (unpaired) electrons. The minimum Gasteiger partial charge on any atom is -0.343 e. The molecule has 0 atom stereocenters. The number of aromatic nitrogens is 6. The zero-order valence-corrected chi connectivity index (χ0v) is 23.3. The molecule has 36 heavy (non-hydrogen) atoms. The molecule has 0 N–H and O–H groups in total. The summed E-state index contributed by atoms with van der Waals surface area (Å²) in [5, 5.41) is 13.0. The maximum atomic E-state index is 5.09. The Hall–Kier alpha value is -3.19. The van der Waals surface area contributed by atoms with E-state index in [2.05, 4.69) is 83.6 Å². The van der Waals surface area contributed by atoms with E-state index < -0.39 is 5.41 Å². The fourth-order valence-corrected chi connectivity index (χ4v) is 5.50. The molecule has 9 heteroatoms. The molecule has 6 aromatic rings. The van der Waals surface area contributed by atoms with Gasteiger partial charge in [-0.25, -0.2) is 0 Å². The van der Waals surface area contributed by atoms with Gasteiger partial charge in [0.2, 0.25) is 0 Å². The predicted octanol–water partition coefficient (Wildman–Crippen LogP) is 6.23. The first-order valence-electron chi connectivity index (χ1n) is 11.1. The number of rotatable bonds is 6. The van der Waals surface area contributed by atoms with Crippen LogP contribution in [0.25, 0.3) is 32.5 Å². The van der Waals surface area contributed by atoms with Gasteiger partial charge in [0.25, 0.3) is 0 Å². The molecule has 0 amide bonds. The van der Waals surface area contributed by atoms with Gasteiger partial charge < -0.3 is 9.36 Å². The summed E-state index contributed by atoms with van der Waals surface area (Å²) in [5.74, 6) is 1.50. The Bertz CT molecular complexity index is 1440. The van der Waals surface area contributed by atoms with E-state index in [1.165, 1.54) is 0 Å². The zero-order valence-electron chi connectivity index (χ0n) is 19.4. The molecule has 0 aliphatic carbocycles. The van der Waals surface area contributed by atoms with Crippen molar-refractivity contribution in [2.45, 2.75) is 19.3 Å². The van der Waals surface area contributed by atoms with Crippen LogP contribution in [-0.2, 0) is 26.5 Å². The quantitative estimate of drug-likeness (QED) is 0.195. The third-order valence-electron chi connectivity index (χ3n) is 5.91. The van der Waals surface area contributed by atoms with E-state index >= 15 is 0 Å². The van der Waals surface area contributed by atoms with E-state index in [0.717, 1.165) is 43.9 Å². The predicted molar refractivity (Wildman–Crippen MR) is 139 cm³/mol. The molecule has 6 nitrogen and oxygen atoms in total. The third-order valence-corrected chi connectivity index (χ3v) is 7.72. The first-order chi connectivity index (χ1) is 17.1. The summed E-state index contributed by atoms with van der Waals surface area (Å²) in [5.41, 5.74) is 3.35. The molecule has 180 valence electrons. The van der Waals surface area contributed by atoms with Gasteiger partial charge in [-0.15, -0.1) is 34.8 Å². The largest absolute Gasteiger partial charge is 2.00 e. The van der Waals surface area contributed by atoms with Gasteiger partial charge in [0.15, 0.2) is 0 Å². The van der Waals surface area contributed by atoms with Crippen molar-refractivity contribution < 1.29 is 21.1 Å². The third kappa shape index (κ3) is 4.41. The smallest absolute Gasteiger partial charge is 0.343 e. The van der Waals surface area contributed by atoms with Gasteiger partial charge in [0.05, 0.1) is 11.6 Å². The normalized spacial score (nSPS) is 11.4. The summed E-state index contributed by atoms with van der Waals surface area (Å²) < 4.78 is 3.40. The Kier molecular flexibility index (Phi) is 6.84. The number of pyridine rings is 2. The average Bonchev–Trinajstić information content (AvgIpc) is 3.71. The van der Waals surface area contributed by atoms with Gasteiger partial charge >= 0.3 is 21.1 Å². The second-order valence-electron chi connectivity index (χ2n) is 8.46. The van der Waals surface area contributed by atoms with E-state index in [1.54, 1.807) is 56.6 Å². The summed E-state index contributed by atoms with van der Waals surface area (Å²) in [6.07, 6.45) is 9.72. The molecule has 0 saturated carbocycles. The van der Waals surface area contributed by atoms with Crippen LogP contribution in [0, 0.1) is 12.4 Å². The van der Waals surface area contributed by atoms with Crippen LogP contribution >= 0.6 is 22.7 Å². The van der Waals surface area contributed by atoms with E-state index in [0.29, 0.717) is 0 Å². The number of hydrogen-bond acceptors (Lipinski definition) is 6. The van der Waals surface area contributed by atoms with Gasteiger partial charge in [0.1, 0.15) is 0 Å². The van der Waals surface area contributed by atoms with Gasteiger partial charge in [-0.3, -0.25) is 20.2 Å². The summed E-state index contributed by atoms with van der Waals surface area (Å²) in [6.45, 7) is 4.28. The van der Waals surface area contributed by atoms with Crippen molar-refractivity contribution in [3.05, 3.63) is 108 Å². The molecule has 0 unspecified atom stereocenters. The van der Waals surface area contributed by atoms with Crippen LogP contribution in [-0.4, -0.2) is 29.5 Å². The first-order valence-corrected chi connectivity index (χ1v) is 12.8. The molecule has 0 saturated heterocycles. The minimum atomic E-state index is -0.480. The number of thiophene rings is 2. The van der Waals surface area contributed by atoms with Crippen LogP contribution in [0.2, 0.25) is 0 Å². The number of nitrogens with zero attached hydrogens (tertiary/aromatic N) is 6. The van der Waals surface area contributed by atoms with Crippen molar-refractivity contribution in [2.24, 2.45) is 0 Å². The summed E-state index contributed by atoms with van der Waals surface area (Å²) in [7, 11) is 0. The average molecular weight is 688 g/mol. The van der Waals surface area contributed by atoms with Crippen molar-refractivity contribution in [3.63, 3.8) is 0 Å². The summed E-state index contributed by atoms with van der Waals surface area (Å²) in [6, 6.07) is 20.2. The Balaban J connectivity index is 0.00000267. The van der Waals surface area contributed by atoms with Crippen molar-refractivity contribution in [3.8, 4) is 32.5 Å². The van der Waals surface area contributed by atoms with E-state index in [4.69, 9.17) is 9.97 Å². The Morgan fingerprint density at radius 3 is 1.53 bits per heavy atom. The molecule has 0 spiro atoms. The van der Waals surface area contributed by atoms with Gasteiger partial charge in [-0.05, 0) is 60.0 Å². The molecule has 6 heterocycles. The zero-order chi connectivity index (χ0) is 23.8. The standard InChI is InChI=1S/C27H20N6S2.Pt/c1-27(2,23-11-9-19(21-7-3-17-34-21)25(30-23)32-15-5-13-28-32)24-12-10-20(22-8-4-18-35-22)26(31-24)33-16-6-14-29-33;/h3-14,17-18H,1-2H3;/q-2;+2. The van der Waals surface area contributed by atoms with Gasteiger partial charge in [-0.1, -0.05) is 49.1 Å². The molecule has 6 rings (SSSR count). The van der Waals surface area contributed by atoms with Gasteiger partial charge in [-0.2, -0.15) is 0 Å². The van der Waals surface area contributed by atoms with Crippen LogP contribution in [0.15, 0.2) is 83.8 Å². The van der Waals surface area contributed by atoms with Crippen molar-refractivity contribution in [2.75, 3.05) is 0 Å². The number of hydrogen-bond donors (Lipinski definition) is 0. The molecule has 0 aromatic carbocycles. The SMILES string of the molecule is CC(C)(c1ccc(-c2cccs2)c(-n2[c-]ccn2)n1)c1ccc(-c2cccs2)c(-n2[c-]ccn2)n1.[Pt+2]. The fraction of sp³-hybridized carbons (Fsp3) is 0.111. The molecule has 0 bridgehead atoms. The van der Waals surface area contributed by atoms with Gasteiger partial charge in [0, 0.05) is 26.6 Å². The van der Waals surface area contributed by atoms with Crippen LogP contribution in [0.3, 0.4) is 0 Å². The molecule has 0 fully saturated rings. The van der Waals surface area contributed by atoms with Crippen LogP contribution in [0.1, 0.15) is 25.2 Å². The van der Waals surface area contributed by atoms with Crippen molar-refractivity contribution in [1.29, 1.82) is 0 Å². The van der Waals surface area contributed by atoms with Crippen LogP contribution in [0.5, 0.6) is 0 Å². The van der Waals surface area contributed by atoms with Crippen molar-refractivity contribution in [1.82, 2.24) is 29.5 Å².